The molecule has 222 valence electrons. The fourth-order valence-electron chi connectivity index (χ4n) is 4.04. The molecule has 0 fully saturated rings. The first-order chi connectivity index (χ1) is 20.5. The zero-order valence-electron chi connectivity index (χ0n) is 24.0. The van der Waals surface area contributed by atoms with E-state index in [2.05, 4.69) is 23.8 Å². The average Bonchev–Trinajstić information content (AvgIpc) is 2.99. The second-order valence-electron chi connectivity index (χ2n) is 9.56. The van der Waals surface area contributed by atoms with Crippen molar-refractivity contribution < 1.29 is 27.5 Å². The lowest BCUT2D eigenvalue weighted by molar-refractivity contribution is -0.138. The van der Waals surface area contributed by atoms with Crippen LogP contribution in [-0.2, 0) is 22.3 Å². The molecule has 2 amide bonds. The van der Waals surface area contributed by atoms with Gasteiger partial charge in [0.2, 0.25) is 0 Å². The van der Waals surface area contributed by atoms with Gasteiger partial charge in [-0.2, -0.15) is 13.2 Å². The second-order valence-corrected chi connectivity index (χ2v) is 9.56. The van der Waals surface area contributed by atoms with Crippen molar-refractivity contribution in [2.24, 2.45) is 0 Å². The highest BCUT2D eigenvalue weighted by atomic mass is 19.4. The minimum absolute atomic E-state index is 0.0595. The molecular weight excluding hydrogens is 553 g/mol. The molecule has 0 aliphatic heterocycles. The summed E-state index contributed by atoms with van der Waals surface area (Å²) in [5.41, 5.74) is 1.86. The van der Waals surface area contributed by atoms with Crippen molar-refractivity contribution in [3.63, 3.8) is 0 Å². The van der Waals surface area contributed by atoms with Crippen LogP contribution >= 0.6 is 0 Å². The van der Waals surface area contributed by atoms with Gasteiger partial charge in [-0.3, -0.25) is 9.59 Å². The first kappa shape index (κ1) is 32.4. The highest BCUT2D eigenvalue weighted by molar-refractivity contribution is 5.95. The number of halogens is 3. The Morgan fingerprint density at radius 3 is 2.30 bits per heavy atom. The number of hydrogen-bond acceptors (Lipinski definition) is 3. The van der Waals surface area contributed by atoms with Crippen LogP contribution in [0.4, 0.5) is 13.2 Å². The van der Waals surface area contributed by atoms with E-state index in [1.807, 2.05) is 31.2 Å². The Balaban J connectivity index is 1.82. The van der Waals surface area contributed by atoms with Gasteiger partial charge in [-0.1, -0.05) is 91.5 Å². The number of nitrogens with one attached hydrogen (secondary N) is 2. The largest absolute Gasteiger partial charge is 0.461 e. The maximum Gasteiger partial charge on any atom is 0.416 e. The molecule has 3 aromatic carbocycles. The predicted molar refractivity (Wildman–Crippen MR) is 163 cm³/mol. The van der Waals surface area contributed by atoms with Crippen LogP contribution in [0.1, 0.15) is 46.0 Å². The van der Waals surface area contributed by atoms with Crippen LogP contribution in [0, 0.1) is 6.92 Å². The van der Waals surface area contributed by atoms with Gasteiger partial charge in [0, 0.05) is 29.8 Å². The van der Waals surface area contributed by atoms with Crippen molar-refractivity contribution in [3.05, 3.63) is 161 Å². The average molecular weight is 587 g/mol. The molecular formula is C35H33F3N2O3. The molecule has 0 saturated heterocycles. The van der Waals surface area contributed by atoms with Crippen LogP contribution in [0.3, 0.4) is 0 Å². The fraction of sp³-hybridized carbons (Fsp3) is 0.143. The molecule has 0 atom stereocenters. The molecule has 0 unspecified atom stereocenters. The van der Waals surface area contributed by atoms with Gasteiger partial charge in [0.1, 0.15) is 11.5 Å². The lowest BCUT2D eigenvalue weighted by Gasteiger charge is -2.16. The summed E-state index contributed by atoms with van der Waals surface area (Å²) in [6.07, 6.45) is 2.04. The zero-order valence-corrected chi connectivity index (χ0v) is 24.0. The zero-order chi connectivity index (χ0) is 31.4. The smallest absolute Gasteiger partial charge is 0.416 e. The first-order valence-corrected chi connectivity index (χ1v) is 13.4. The Bertz CT molecular complexity index is 1570. The molecule has 0 bridgehead atoms. The SMILES string of the molecule is C=C/C=C(\C=C/C/C(OC(=C)c1ccccc1)=C(/C)C(=O)NCc1ccccc1C(F)(F)F)NC(=O)c1cccc(C)c1. The van der Waals surface area contributed by atoms with Crippen molar-refractivity contribution >= 4 is 17.6 Å². The summed E-state index contributed by atoms with van der Waals surface area (Å²) in [6, 6.07) is 21.3. The molecule has 2 N–H and O–H groups in total. The van der Waals surface area contributed by atoms with Crippen molar-refractivity contribution in [1.82, 2.24) is 10.6 Å². The lowest BCUT2D eigenvalue weighted by Crippen LogP contribution is -2.26. The van der Waals surface area contributed by atoms with Crippen LogP contribution < -0.4 is 10.6 Å². The molecule has 8 heteroatoms. The number of alkyl halides is 3. The van der Waals surface area contributed by atoms with E-state index in [1.165, 1.54) is 31.2 Å². The van der Waals surface area contributed by atoms with Gasteiger partial charge in [-0.15, -0.1) is 0 Å². The van der Waals surface area contributed by atoms with E-state index < -0.39 is 17.6 Å². The van der Waals surface area contributed by atoms with Gasteiger partial charge in [0.05, 0.1) is 11.1 Å². The minimum atomic E-state index is -4.55. The number of allylic oxidation sites excluding steroid dienone is 4. The van der Waals surface area contributed by atoms with Gasteiger partial charge in [0.25, 0.3) is 11.8 Å². The van der Waals surface area contributed by atoms with Gasteiger partial charge < -0.3 is 15.4 Å². The molecule has 43 heavy (non-hydrogen) atoms. The second kappa shape index (κ2) is 15.2. The number of amides is 2. The normalized spacial score (nSPS) is 12.3. The molecule has 0 radical (unpaired) electrons. The Morgan fingerprint density at radius 1 is 0.953 bits per heavy atom. The van der Waals surface area contributed by atoms with Crippen molar-refractivity contribution in [2.45, 2.75) is 33.0 Å². The van der Waals surface area contributed by atoms with E-state index in [0.717, 1.165) is 11.6 Å². The monoisotopic (exact) mass is 586 g/mol. The quantitative estimate of drug-likeness (QED) is 0.128. The molecule has 3 rings (SSSR count). The Morgan fingerprint density at radius 2 is 1.63 bits per heavy atom. The molecule has 5 nitrogen and oxygen atoms in total. The topological polar surface area (TPSA) is 67.4 Å². The van der Waals surface area contributed by atoms with Gasteiger partial charge in [-0.05, 0) is 49.8 Å². The van der Waals surface area contributed by atoms with E-state index in [9.17, 15) is 22.8 Å². The summed E-state index contributed by atoms with van der Waals surface area (Å²) in [5.74, 6) is -0.390. The predicted octanol–water partition coefficient (Wildman–Crippen LogP) is 8.04. The number of aryl methyl sites for hydroxylation is 1. The summed E-state index contributed by atoms with van der Waals surface area (Å²) in [5, 5.41) is 5.39. The molecule has 0 heterocycles. The Hall–Kier alpha value is -5.11. The first-order valence-electron chi connectivity index (χ1n) is 13.4. The summed E-state index contributed by atoms with van der Waals surface area (Å²) in [6.45, 7) is 10.8. The van der Waals surface area contributed by atoms with E-state index >= 15 is 0 Å². The highest BCUT2D eigenvalue weighted by Crippen LogP contribution is 2.32. The van der Waals surface area contributed by atoms with Crippen LogP contribution in [0.5, 0.6) is 0 Å². The van der Waals surface area contributed by atoms with Crippen LogP contribution in [0.25, 0.3) is 5.76 Å². The van der Waals surface area contributed by atoms with Crippen LogP contribution in [-0.4, -0.2) is 11.8 Å². The molecule has 0 aliphatic rings. The maximum absolute atomic E-state index is 13.4. The van der Waals surface area contributed by atoms with E-state index in [0.29, 0.717) is 16.8 Å². The standard InChI is InChI=1S/C35H33F3N2O3/c1-5-13-30(40-34(42)28-18-11-14-24(2)22-28)19-12-21-32(43-26(4)27-15-7-6-8-16-27)25(3)33(41)39-23-29-17-9-10-20-31(29)35(36,37)38/h5-20,22H,1,4,21,23H2,2-3H3,(H,39,41)(H,40,42)/b19-12-,30-13+,32-25+. The fourth-order valence-corrected chi connectivity index (χ4v) is 4.04. The van der Waals surface area contributed by atoms with Crippen molar-refractivity contribution in [3.8, 4) is 0 Å². The summed E-state index contributed by atoms with van der Waals surface area (Å²) >= 11 is 0. The number of rotatable bonds is 12. The third kappa shape index (κ3) is 9.74. The van der Waals surface area contributed by atoms with Gasteiger partial charge in [0.15, 0.2) is 0 Å². The van der Waals surface area contributed by atoms with E-state index in [1.54, 1.807) is 48.6 Å². The third-order valence-electron chi connectivity index (χ3n) is 6.30. The highest BCUT2D eigenvalue weighted by Gasteiger charge is 2.32. The third-order valence-corrected chi connectivity index (χ3v) is 6.30. The summed E-state index contributed by atoms with van der Waals surface area (Å²) in [7, 11) is 0. The summed E-state index contributed by atoms with van der Waals surface area (Å²) < 4.78 is 46.3. The van der Waals surface area contributed by atoms with Gasteiger partial charge >= 0.3 is 6.18 Å². The van der Waals surface area contributed by atoms with Gasteiger partial charge in [-0.25, -0.2) is 0 Å². The lowest BCUT2D eigenvalue weighted by atomic mass is 10.1. The van der Waals surface area contributed by atoms with E-state index in [4.69, 9.17) is 4.74 Å². The van der Waals surface area contributed by atoms with Crippen LogP contribution in [0.15, 0.2) is 133 Å². The van der Waals surface area contributed by atoms with Crippen LogP contribution in [0.2, 0.25) is 0 Å². The maximum atomic E-state index is 13.4. The Labute approximate surface area is 249 Å². The number of carbonyl (C=O) groups is 2. The number of hydrogen-bond donors (Lipinski definition) is 2. The van der Waals surface area contributed by atoms with Crippen molar-refractivity contribution in [1.29, 1.82) is 0 Å². The molecule has 0 aliphatic carbocycles. The van der Waals surface area contributed by atoms with Crippen molar-refractivity contribution in [2.75, 3.05) is 0 Å². The number of ether oxygens (including phenoxy) is 1. The summed E-state index contributed by atoms with van der Waals surface area (Å²) in [4.78, 5) is 25.9. The molecule has 0 spiro atoms. The molecule has 0 aromatic heterocycles. The number of carbonyl (C=O) groups excluding carboxylic acids is 2. The minimum Gasteiger partial charge on any atom is -0.461 e. The Kier molecular flexibility index (Phi) is 11.5. The molecule has 3 aromatic rings. The van der Waals surface area contributed by atoms with E-state index in [-0.39, 0.29) is 41.5 Å². The number of benzene rings is 3. The molecule has 0 saturated carbocycles.